The monoisotopic (exact) mass is 395 g/mol. The van der Waals surface area contributed by atoms with E-state index in [1.54, 1.807) is 42.5 Å². The summed E-state index contributed by atoms with van der Waals surface area (Å²) in [5, 5.41) is 14.6. The normalized spacial score (nSPS) is 10.7. The Morgan fingerprint density at radius 1 is 1.21 bits per heavy atom. The Bertz CT molecular complexity index is 935. The fourth-order valence-corrected chi connectivity index (χ4v) is 2.41. The third-order valence-electron chi connectivity index (χ3n) is 3.93. The minimum absolute atomic E-state index is 0.185. The van der Waals surface area contributed by atoms with E-state index in [9.17, 15) is 19.2 Å². The van der Waals surface area contributed by atoms with Crippen LogP contribution in [0.3, 0.4) is 0 Å². The van der Waals surface area contributed by atoms with Crippen molar-refractivity contribution < 1.29 is 18.7 Å². The maximum atomic E-state index is 13.2. The number of hydrogen-bond donors (Lipinski definition) is 2. The van der Waals surface area contributed by atoms with Crippen LogP contribution < -0.4 is 10.6 Å². The molecule has 0 bridgehead atoms. The smallest absolute Gasteiger partial charge is 0.340 e. The number of rotatable bonds is 9. The molecule has 2 aromatic carbocycles. The summed E-state index contributed by atoms with van der Waals surface area (Å²) in [6.45, 7) is 2.53. The van der Waals surface area contributed by atoms with E-state index in [1.807, 2.05) is 6.92 Å². The Labute approximate surface area is 169 Å². The summed E-state index contributed by atoms with van der Waals surface area (Å²) in [6, 6.07) is 14.2. The van der Waals surface area contributed by atoms with Crippen molar-refractivity contribution in [2.75, 3.05) is 11.9 Å². The molecule has 150 valence electrons. The van der Waals surface area contributed by atoms with E-state index >= 15 is 0 Å². The standard InChI is InChI=1S/C22H22FN3O3/c1-2-3-11-29-22(28)19-9-4-5-10-20(19)26-21(27)17(13-24)15-25-14-16-7-6-8-18(23)12-16/h4-10,12,15,25H,2-3,11,14H2,1H3,(H,26,27)/b17-15-. The summed E-state index contributed by atoms with van der Waals surface area (Å²) in [4.78, 5) is 24.6. The molecule has 0 saturated carbocycles. The third kappa shape index (κ3) is 6.78. The van der Waals surface area contributed by atoms with Gasteiger partial charge in [-0.1, -0.05) is 37.6 Å². The lowest BCUT2D eigenvalue weighted by molar-refractivity contribution is -0.112. The summed E-state index contributed by atoms with van der Waals surface area (Å²) in [5.74, 6) is -1.58. The molecule has 0 aliphatic carbocycles. The van der Waals surface area contributed by atoms with Crippen LogP contribution in [0, 0.1) is 17.1 Å². The highest BCUT2D eigenvalue weighted by Crippen LogP contribution is 2.17. The number of benzene rings is 2. The summed E-state index contributed by atoms with van der Waals surface area (Å²) < 4.78 is 18.4. The van der Waals surface area contributed by atoms with E-state index in [2.05, 4.69) is 10.6 Å². The van der Waals surface area contributed by atoms with E-state index in [0.29, 0.717) is 12.2 Å². The van der Waals surface area contributed by atoms with Crippen molar-refractivity contribution in [3.8, 4) is 6.07 Å². The predicted molar refractivity (Wildman–Crippen MR) is 107 cm³/mol. The van der Waals surface area contributed by atoms with Crippen molar-refractivity contribution >= 4 is 17.6 Å². The van der Waals surface area contributed by atoms with Gasteiger partial charge >= 0.3 is 5.97 Å². The number of nitriles is 1. The number of esters is 1. The number of carbonyl (C=O) groups is 2. The molecule has 0 atom stereocenters. The molecule has 0 radical (unpaired) electrons. The molecule has 0 unspecified atom stereocenters. The first kappa shape index (κ1) is 21.6. The Balaban J connectivity index is 2.04. The first-order valence-corrected chi connectivity index (χ1v) is 9.20. The van der Waals surface area contributed by atoms with Crippen LogP contribution in [0.25, 0.3) is 0 Å². The second kappa shape index (κ2) is 11.2. The van der Waals surface area contributed by atoms with E-state index in [0.717, 1.165) is 12.8 Å². The van der Waals surface area contributed by atoms with E-state index in [1.165, 1.54) is 18.3 Å². The first-order valence-electron chi connectivity index (χ1n) is 9.20. The molecule has 0 aliphatic heterocycles. The number of anilines is 1. The molecule has 29 heavy (non-hydrogen) atoms. The van der Waals surface area contributed by atoms with Crippen molar-refractivity contribution in [1.82, 2.24) is 5.32 Å². The average molecular weight is 395 g/mol. The van der Waals surface area contributed by atoms with Crippen LogP contribution in [0.15, 0.2) is 60.3 Å². The van der Waals surface area contributed by atoms with Gasteiger partial charge in [-0.05, 0) is 36.2 Å². The lowest BCUT2D eigenvalue weighted by atomic mass is 10.1. The number of ether oxygens (including phenoxy) is 1. The number of carbonyl (C=O) groups excluding carboxylic acids is 2. The largest absolute Gasteiger partial charge is 0.462 e. The van der Waals surface area contributed by atoms with Gasteiger partial charge in [0.05, 0.1) is 17.9 Å². The number of nitrogens with one attached hydrogen (secondary N) is 2. The molecule has 1 amide bonds. The Morgan fingerprint density at radius 2 is 2.00 bits per heavy atom. The van der Waals surface area contributed by atoms with Crippen molar-refractivity contribution in [2.45, 2.75) is 26.3 Å². The summed E-state index contributed by atoms with van der Waals surface area (Å²) in [6.07, 6.45) is 2.89. The quantitative estimate of drug-likeness (QED) is 0.291. The maximum Gasteiger partial charge on any atom is 0.340 e. The minimum Gasteiger partial charge on any atom is -0.462 e. The van der Waals surface area contributed by atoms with Crippen LogP contribution in [0.1, 0.15) is 35.7 Å². The number of amides is 1. The van der Waals surface area contributed by atoms with Crippen LogP contribution >= 0.6 is 0 Å². The molecular weight excluding hydrogens is 373 g/mol. The summed E-state index contributed by atoms with van der Waals surface area (Å²) >= 11 is 0. The summed E-state index contributed by atoms with van der Waals surface area (Å²) in [7, 11) is 0. The molecule has 2 N–H and O–H groups in total. The Morgan fingerprint density at radius 3 is 2.72 bits per heavy atom. The van der Waals surface area contributed by atoms with Gasteiger partial charge in [-0.25, -0.2) is 9.18 Å². The molecule has 0 spiro atoms. The van der Waals surface area contributed by atoms with Crippen LogP contribution in [0.4, 0.5) is 10.1 Å². The molecule has 0 aliphatic rings. The molecule has 7 heteroatoms. The number of para-hydroxylation sites is 1. The van der Waals surface area contributed by atoms with Crippen LogP contribution in [-0.2, 0) is 16.1 Å². The second-order valence-electron chi connectivity index (χ2n) is 6.17. The van der Waals surface area contributed by atoms with Crippen LogP contribution in [-0.4, -0.2) is 18.5 Å². The van der Waals surface area contributed by atoms with Gasteiger partial charge < -0.3 is 15.4 Å². The molecule has 0 aromatic heterocycles. The fourth-order valence-electron chi connectivity index (χ4n) is 2.41. The maximum absolute atomic E-state index is 13.2. The van der Waals surface area contributed by atoms with Gasteiger partial charge in [-0.2, -0.15) is 5.26 Å². The molecule has 0 saturated heterocycles. The highest BCUT2D eigenvalue weighted by atomic mass is 19.1. The van der Waals surface area contributed by atoms with Crippen LogP contribution in [0.5, 0.6) is 0 Å². The zero-order chi connectivity index (χ0) is 21.1. The van der Waals surface area contributed by atoms with Gasteiger partial charge in [-0.3, -0.25) is 4.79 Å². The number of hydrogen-bond acceptors (Lipinski definition) is 5. The number of nitrogens with zero attached hydrogens (tertiary/aromatic N) is 1. The van der Waals surface area contributed by atoms with Gasteiger partial charge in [0.2, 0.25) is 0 Å². The van der Waals surface area contributed by atoms with Gasteiger partial charge in [0.1, 0.15) is 17.5 Å². The highest BCUT2D eigenvalue weighted by molar-refractivity contribution is 6.09. The molecule has 0 heterocycles. The lowest BCUT2D eigenvalue weighted by Gasteiger charge is -2.10. The predicted octanol–water partition coefficient (Wildman–Crippen LogP) is 3.92. The van der Waals surface area contributed by atoms with E-state index in [4.69, 9.17) is 4.74 Å². The SMILES string of the molecule is CCCCOC(=O)c1ccccc1NC(=O)/C(C#N)=C\NCc1cccc(F)c1. The molecule has 2 aromatic rings. The van der Waals surface area contributed by atoms with Gasteiger partial charge in [0.15, 0.2) is 0 Å². The Kier molecular flexibility index (Phi) is 8.39. The van der Waals surface area contributed by atoms with Crippen molar-refractivity contribution in [2.24, 2.45) is 0 Å². The lowest BCUT2D eigenvalue weighted by Crippen LogP contribution is -2.19. The molecular formula is C22H22FN3O3. The first-order chi connectivity index (χ1) is 14.0. The zero-order valence-electron chi connectivity index (χ0n) is 16.1. The summed E-state index contributed by atoms with van der Waals surface area (Å²) in [5.41, 5.74) is 0.946. The van der Waals surface area contributed by atoms with E-state index < -0.39 is 11.9 Å². The van der Waals surface area contributed by atoms with Crippen molar-refractivity contribution in [1.29, 1.82) is 5.26 Å². The van der Waals surface area contributed by atoms with Crippen molar-refractivity contribution in [3.63, 3.8) is 0 Å². The zero-order valence-corrected chi connectivity index (χ0v) is 16.1. The molecule has 6 nitrogen and oxygen atoms in total. The average Bonchev–Trinajstić information content (AvgIpc) is 2.71. The second-order valence-corrected chi connectivity index (χ2v) is 6.17. The van der Waals surface area contributed by atoms with Gasteiger partial charge in [-0.15, -0.1) is 0 Å². The van der Waals surface area contributed by atoms with Crippen molar-refractivity contribution in [3.05, 3.63) is 77.2 Å². The Hall–Kier alpha value is -3.66. The van der Waals surface area contributed by atoms with E-state index in [-0.39, 0.29) is 29.2 Å². The topological polar surface area (TPSA) is 91.2 Å². The van der Waals surface area contributed by atoms with Crippen LogP contribution in [0.2, 0.25) is 0 Å². The van der Waals surface area contributed by atoms with Gasteiger partial charge in [0, 0.05) is 12.7 Å². The van der Waals surface area contributed by atoms with Gasteiger partial charge in [0.25, 0.3) is 5.91 Å². The third-order valence-corrected chi connectivity index (χ3v) is 3.93. The fraction of sp³-hybridized carbons (Fsp3) is 0.227. The highest BCUT2D eigenvalue weighted by Gasteiger charge is 2.16. The minimum atomic E-state index is -0.673. The molecule has 2 rings (SSSR count). The number of unbranched alkanes of at least 4 members (excludes halogenated alkanes) is 1. The molecule has 0 fully saturated rings. The number of halogens is 1.